The number of anilines is 2. The first-order valence-electron chi connectivity index (χ1n) is 17.2. The number of carbonyl (C=O) groups is 4. The number of aliphatic hydroxyl groups excluding tert-OH is 1. The van der Waals surface area contributed by atoms with E-state index < -0.39 is 35.0 Å². The van der Waals surface area contributed by atoms with Crippen LogP contribution >= 0.6 is 22.6 Å². The van der Waals surface area contributed by atoms with Gasteiger partial charge in [-0.05, 0) is 108 Å². The molecule has 2 aliphatic heterocycles. The summed E-state index contributed by atoms with van der Waals surface area (Å²) in [5.41, 5.74) is 6.37. The molecule has 6 unspecified atom stereocenters. The highest BCUT2D eigenvalue weighted by Crippen LogP contribution is 2.64. The second kappa shape index (κ2) is 13.1. The topological polar surface area (TPSA) is 116 Å². The zero-order valence-electron chi connectivity index (χ0n) is 27.9. The molecule has 4 amide bonds. The van der Waals surface area contributed by atoms with Crippen LogP contribution in [0.2, 0.25) is 0 Å². The Balaban J connectivity index is 1.29. The number of amides is 4. The molecule has 8 rings (SSSR count). The summed E-state index contributed by atoms with van der Waals surface area (Å²) < 4.78 is 6.67. The summed E-state index contributed by atoms with van der Waals surface area (Å²) >= 11 is 2.19. The van der Waals surface area contributed by atoms with Crippen molar-refractivity contribution >= 4 is 57.6 Å². The highest BCUT2D eigenvalue weighted by molar-refractivity contribution is 14.1. The Morgan fingerprint density at radius 2 is 1.55 bits per heavy atom. The lowest BCUT2D eigenvalue weighted by Crippen LogP contribution is -2.53. The molecule has 2 heterocycles. The molecule has 0 bridgehead atoms. The minimum Gasteiger partial charge on any atom is -0.491 e. The monoisotopic (exact) mass is 793 g/mol. The van der Waals surface area contributed by atoms with Crippen molar-refractivity contribution in [1.82, 2.24) is 5.01 Å². The van der Waals surface area contributed by atoms with Crippen LogP contribution in [-0.2, 0) is 24.6 Å². The molecule has 4 aromatic rings. The first-order chi connectivity index (χ1) is 24.7. The maximum atomic E-state index is 15.3. The van der Waals surface area contributed by atoms with E-state index in [9.17, 15) is 19.5 Å². The summed E-state index contributed by atoms with van der Waals surface area (Å²) in [5.74, 6) is -3.86. The van der Waals surface area contributed by atoms with E-state index in [0.717, 1.165) is 20.3 Å². The lowest BCUT2D eigenvalue weighted by molar-refractivity contribution is -0.138. The number of hydrazine groups is 1. The van der Waals surface area contributed by atoms with Gasteiger partial charge in [-0.2, -0.15) is 5.01 Å². The van der Waals surface area contributed by atoms with Gasteiger partial charge in [0.05, 0.1) is 41.2 Å². The molecule has 9 nitrogen and oxygen atoms in total. The number of nitrogens with zero attached hydrogens (tertiary/aromatic N) is 2. The highest BCUT2D eigenvalue weighted by Gasteiger charge is 2.70. The molecule has 4 aliphatic rings. The minimum absolute atomic E-state index is 0.132. The van der Waals surface area contributed by atoms with Gasteiger partial charge in [0.15, 0.2) is 0 Å². The Morgan fingerprint density at radius 1 is 0.843 bits per heavy atom. The van der Waals surface area contributed by atoms with Crippen LogP contribution in [0.25, 0.3) is 0 Å². The zero-order chi connectivity index (χ0) is 35.4. The molecule has 6 atom stereocenters. The lowest BCUT2D eigenvalue weighted by atomic mass is 9.49. The smallest absolute Gasteiger partial charge is 0.260 e. The van der Waals surface area contributed by atoms with E-state index in [1.165, 1.54) is 9.91 Å². The summed E-state index contributed by atoms with van der Waals surface area (Å²) in [6.45, 7) is 1.97. The Hall–Kier alpha value is -4.81. The molecule has 10 heteroatoms. The van der Waals surface area contributed by atoms with Crippen LogP contribution in [0.1, 0.15) is 35.4 Å². The van der Waals surface area contributed by atoms with E-state index in [1.807, 2.05) is 85.8 Å². The molecule has 0 radical (unpaired) electrons. The number of ether oxygens (including phenoxy) is 1. The van der Waals surface area contributed by atoms with Gasteiger partial charge in [0.1, 0.15) is 12.4 Å². The molecule has 0 spiro atoms. The Morgan fingerprint density at radius 3 is 2.24 bits per heavy atom. The van der Waals surface area contributed by atoms with Crippen molar-refractivity contribution in [3.63, 3.8) is 0 Å². The predicted octanol–water partition coefficient (Wildman–Crippen LogP) is 6.16. The van der Waals surface area contributed by atoms with Crippen LogP contribution in [0.15, 0.2) is 115 Å². The van der Waals surface area contributed by atoms with Gasteiger partial charge in [-0.15, -0.1) is 0 Å². The van der Waals surface area contributed by atoms with Crippen molar-refractivity contribution in [2.45, 2.75) is 31.1 Å². The maximum absolute atomic E-state index is 15.3. The van der Waals surface area contributed by atoms with Crippen molar-refractivity contribution in [3.05, 3.63) is 135 Å². The Labute approximate surface area is 309 Å². The number of rotatable bonds is 8. The third kappa shape index (κ3) is 5.29. The molecule has 2 saturated heterocycles. The summed E-state index contributed by atoms with van der Waals surface area (Å²) in [7, 11) is 0. The highest BCUT2D eigenvalue weighted by atomic mass is 127. The quantitative estimate of drug-likeness (QED) is 0.125. The van der Waals surface area contributed by atoms with E-state index in [2.05, 4.69) is 34.1 Å². The van der Waals surface area contributed by atoms with E-state index >= 15 is 4.79 Å². The van der Waals surface area contributed by atoms with E-state index in [4.69, 9.17) is 4.74 Å². The van der Waals surface area contributed by atoms with Gasteiger partial charge in [0.2, 0.25) is 11.8 Å². The third-order valence-electron chi connectivity index (χ3n) is 11.1. The fraction of sp³-hybridized carbons (Fsp3) is 0.268. The van der Waals surface area contributed by atoms with Gasteiger partial charge in [-0.3, -0.25) is 29.5 Å². The second-order valence-corrected chi connectivity index (χ2v) is 15.0. The minimum atomic E-state index is -1.35. The van der Waals surface area contributed by atoms with E-state index in [1.54, 1.807) is 24.3 Å². The largest absolute Gasteiger partial charge is 0.491 e. The van der Waals surface area contributed by atoms with Gasteiger partial charge in [0.25, 0.3) is 11.8 Å². The lowest BCUT2D eigenvalue weighted by Gasteiger charge is -2.50. The number of aryl methyl sites for hydroxylation is 1. The van der Waals surface area contributed by atoms with Crippen molar-refractivity contribution in [1.29, 1.82) is 0 Å². The molecule has 1 saturated carbocycles. The number of aliphatic hydroxyl groups is 1. The van der Waals surface area contributed by atoms with Crippen molar-refractivity contribution in [3.8, 4) is 5.75 Å². The molecule has 0 aromatic heterocycles. The number of hydrogen-bond acceptors (Lipinski definition) is 7. The van der Waals surface area contributed by atoms with Gasteiger partial charge in [0, 0.05) is 9.49 Å². The van der Waals surface area contributed by atoms with Crippen LogP contribution in [0.5, 0.6) is 5.75 Å². The van der Waals surface area contributed by atoms with Gasteiger partial charge >= 0.3 is 0 Å². The summed E-state index contributed by atoms with van der Waals surface area (Å²) in [6.07, 6.45) is 2.63. The summed E-state index contributed by atoms with van der Waals surface area (Å²) in [5, 5.41) is 10.5. The summed E-state index contributed by atoms with van der Waals surface area (Å²) in [6, 6.07) is 31.7. The van der Waals surface area contributed by atoms with Crippen LogP contribution in [0, 0.1) is 34.2 Å². The number of carbonyl (C=O) groups excluding carboxylic acids is 4. The normalized spacial score (nSPS) is 26.8. The fourth-order valence-corrected chi connectivity index (χ4v) is 9.25. The average molecular weight is 794 g/mol. The first-order valence-corrected chi connectivity index (χ1v) is 18.3. The zero-order valence-corrected chi connectivity index (χ0v) is 30.0. The van der Waals surface area contributed by atoms with Crippen LogP contribution in [0.3, 0.4) is 0 Å². The van der Waals surface area contributed by atoms with Gasteiger partial charge < -0.3 is 9.84 Å². The van der Waals surface area contributed by atoms with Gasteiger partial charge in [-0.25, -0.2) is 0 Å². The number of nitrogens with one attached hydrogen (secondary N) is 1. The number of imide groups is 2. The van der Waals surface area contributed by atoms with E-state index in [0.29, 0.717) is 29.1 Å². The molecule has 4 aromatic carbocycles. The fourth-order valence-electron chi connectivity index (χ4n) is 8.89. The molecular formula is C41H36IN3O6. The predicted molar refractivity (Wildman–Crippen MR) is 199 cm³/mol. The molecular weight excluding hydrogens is 757 g/mol. The molecule has 2 N–H and O–H groups in total. The Kier molecular flexibility index (Phi) is 8.54. The first kappa shape index (κ1) is 33.3. The Bertz CT molecular complexity index is 2050. The SMILES string of the molecule is Cc1ccc(NN2C(=O)C3CC4C(=CCC5C(=O)N(c6ccc(I)cc6)C(=O)C54)C(c4ccc(OCCO)cc4)C3(c3ccccc3)C2=O)cc1. The molecule has 3 fully saturated rings. The third-order valence-corrected chi connectivity index (χ3v) is 11.8. The van der Waals surface area contributed by atoms with E-state index in [-0.39, 0.29) is 43.3 Å². The van der Waals surface area contributed by atoms with Crippen molar-refractivity contribution < 1.29 is 29.0 Å². The van der Waals surface area contributed by atoms with Gasteiger partial charge in [-0.1, -0.05) is 71.8 Å². The summed E-state index contributed by atoms with van der Waals surface area (Å²) in [4.78, 5) is 59.8. The standard InChI is InChI=1S/C41H36IN3O6/c1-24-7-13-28(14-8-24)43-45-38(48)34-23-33-31(19-20-32-35(33)39(49)44(37(32)47)29-15-11-27(42)12-16-29)36(25-9-17-30(18-10-25)51-22-21-46)41(34,40(45)50)26-5-3-2-4-6-26/h2-19,32-36,43,46H,20-23H2,1H3. The van der Waals surface area contributed by atoms with Crippen molar-refractivity contribution in [2.75, 3.05) is 23.5 Å². The average Bonchev–Trinajstić information content (AvgIpc) is 3.53. The number of halogens is 1. The van der Waals surface area contributed by atoms with Crippen LogP contribution in [0.4, 0.5) is 11.4 Å². The molecule has 258 valence electrons. The molecule has 51 heavy (non-hydrogen) atoms. The maximum Gasteiger partial charge on any atom is 0.260 e. The number of allylic oxidation sites excluding steroid dienone is 2. The van der Waals surface area contributed by atoms with Crippen LogP contribution < -0.4 is 15.1 Å². The number of hydrogen-bond donors (Lipinski definition) is 2. The second-order valence-electron chi connectivity index (χ2n) is 13.7. The van der Waals surface area contributed by atoms with Crippen LogP contribution in [-0.4, -0.2) is 47.0 Å². The molecule has 2 aliphatic carbocycles. The van der Waals surface area contributed by atoms with Crippen molar-refractivity contribution in [2.24, 2.45) is 23.7 Å². The number of fused-ring (bicyclic) bond motifs is 4. The number of benzene rings is 4.